The number of rotatable bonds is 1. The van der Waals surface area contributed by atoms with Crippen molar-refractivity contribution in [2.75, 3.05) is 11.9 Å². The monoisotopic (exact) mass is 212 g/mol. The third kappa shape index (κ3) is 1.45. The second-order valence-corrected chi connectivity index (χ2v) is 4.78. The highest BCUT2D eigenvalue weighted by molar-refractivity contribution is 5.83. The number of fused-ring (bicyclic) bond motifs is 2. The average molecular weight is 212 g/mol. The first-order valence-electron chi connectivity index (χ1n) is 5.91. The van der Waals surface area contributed by atoms with Gasteiger partial charge in [0.2, 0.25) is 0 Å². The Kier molecular flexibility index (Phi) is 2.10. The first-order chi connectivity index (χ1) is 7.74. The van der Waals surface area contributed by atoms with Gasteiger partial charge in [-0.2, -0.15) is 0 Å². The summed E-state index contributed by atoms with van der Waals surface area (Å²) >= 11 is 0. The zero-order valence-electron chi connectivity index (χ0n) is 9.75. The van der Waals surface area contributed by atoms with E-state index in [1.807, 2.05) is 0 Å². The standard InChI is InChI=1S/C14H16N2/c1-9(2)10-3-4-13-12(7-10)8-11-5-6-15-14(11)16-13/h3-4,7-9H,5-6H2,1-2H3,(H,15,16). The summed E-state index contributed by atoms with van der Waals surface area (Å²) in [5.41, 5.74) is 3.84. The molecule has 0 unspecified atom stereocenters. The Morgan fingerprint density at radius 3 is 2.94 bits per heavy atom. The Bertz CT molecular complexity index is 544. The number of pyridine rings is 1. The van der Waals surface area contributed by atoms with Crippen LogP contribution < -0.4 is 5.32 Å². The predicted octanol–water partition coefficient (Wildman–Crippen LogP) is 3.33. The molecular weight excluding hydrogens is 196 g/mol. The smallest absolute Gasteiger partial charge is 0.129 e. The highest BCUT2D eigenvalue weighted by Gasteiger charge is 2.12. The fraction of sp³-hybridized carbons (Fsp3) is 0.357. The highest BCUT2D eigenvalue weighted by Crippen LogP contribution is 2.26. The van der Waals surface area contributed by atoms with Crippen molar-refractivity contribution in [3.63, 3.8) is 0 Å². The van der Waals surface area contributed by atoms with Crippen LogP contribution in [0.5, 0.6) is 0 Å². The Balaban J connectivity index is 2.20. The molecule has 2 heterocycles. The molecule has 0 fully saturated rings. The molecular formula is C14H16N2. The van der Waals surface area contributed by atoms with Gasteiger partial charge >= 0.3 is 0 Å². The van der Waals surface area contributed by atoms with E-state index in [0.29, 0.717) is 5.92 Å². The number of anilines is 1. The van der Waals surface area contributed by atoms with E-state index in [0.717, 1.165) is 24.3 Å². The minimum Gasteiger partial charge on any atom is -0.369 e. The average Bonchev–Trinajstić information content (AvgIpc) is 2.71. The van der Waals surface area contributed by atoms with Crippen LogP contribution in [-0.4, -0.2) is 11.5 Å². The Morgan fingerprint density at radius 1 is 1.25 bits per heavy atom. The molecule has 0 aliphatic carbocycles. The molecule has 0 saturated carbocycles. The van der Waals surface area contributed by atoms with Crippen molar-refractivity contribution in [1.82, 2.24) is 4.98 Å². The maximum absolute atomic E-state index is 4.65. The zero-order valence-corrected chi connectivity index (χ0v) is 9.75. The first-order valence-corrected chi connectivity index (χ1v) is 5.91. The summed E-state index contributed by atoms with van der Waals surface area (Å²) in [6, 6.07) is 8.86. The fourth-order valence-electron chi connectivity index (χ4n) is 2.26. The van der Waals surface area contributed by atoms with Crippen LogP contribution in [-0.2, 0) is 6.42 Å². The SMILES string of the molecule is CC(C)c1ccc2nc3c(cc2c1)CCN3. The number of aromatic nitrogens is 1. The number of benzene rings is 1. The molecule has 1 aromatic heterocycles. The van der Waals surface area contributed by atoms with Crippen LogP contribution >= 0.6 is 0 Å². The molecule has 0 saturated heterocycles. The van der Waals surface area contributed by atoms with Crippen molar-refractivity contribution in [1.29, 1.82) is 0 Å². The molecule has 1 aliphatic heterocycles. The number of hydrogen-bond acceptors (Lipinski definition) is 2. The maximum Gasteiger partial charge on any atom is 0.129 e. The second kappa shape index (κ2) is 3.48. The Labute approximate surface area is 95.7 Å². The zero-order chi connectivity index (χ0) is 11.1. The third-order valence-corrected chi connectivity index (χ3v) is 3.27. The van der Waals surface area contributed by atoms with Gasteiger partial charge in [0.05, 0.1) is 5.52 Å². The first kappa shape index (κ1) is 9.64. The Morgan fingerprint density at radius 2 is 2.12 bits per heavy atom. The van der Waals surface area contributed by atoms with Crippen LogP contribution in [0, 0.1) is 0 Å². The maximum atomic E-state index is 4.65. The summed E-state index contributed by atoms with van der Waals surface area (Å²) in [6.45, 7) is 5.47. The van der Waals surface area contributed by atoms with Crippen molar-refractivity contribution in [2.24, 2.45) is 0 Å². The van der Waals surface area contributed by atoms with Gasteiger partial charge in [0.15, 0.2) is 0 Å². The Hall–Kier alpha value is -1.57. The fourth-order valence-corrected chi connectivity index (χ4v) is 2.26. The lowest BCUT2D eigenvalue weighted by atomic mass is 10.0. The number of hydrogen-bond donors (Lipinski definition) is 1. The number of nitrogens with zero attached hydrogens (tertiary/aromatic N) is 1. The van der Waals surface area contributed by atoms with Crippen molar-refractivity contribution in [3.05, 3.63) is 35.4 Å². The van der Waals surface area contributed by atoms with Crippen LogP contribution in [0.4, 0.5) is 5.82 Å². The molecule has 0 radical (unpaired) electrons. The van der Waals surface area contributed by atoms with Crippen molar-refractivity contribution in [2.45, 2.75) is 26.2 Å². The van der Waals surface area contributed by atoms with E-state index in [2.05, 4.69) is 48.4 Å². The van der Waals surface area contributed by atoms with E-state index >= 15 is 0 Å². The van der Waals surface area contributed by atoms with E-state index < -0.39 is 0 Å². The molecule has 1 aliphatic rings. The molecule has 3 rings (SSSR count). The molecule has 2 nitrogen and oxygen atoms in total. The van der Waals surface area contributed by atoms with E-state index in [4.69, 9.17) is 0 Å². The van der Waals surface area contributed by atoms with Crippen molar-refractivity contribution < 1.29 is 0 Å². The topological polar surface area (TPSA) is 24.9 Å². The summed E-state index contributed by atoms with van der Waals surface area (Å²) in [4.78, 5) is 4.65. The van der Waals surface area contributed by atoms with E-state index in [1.54, 1.807) is 0 Å². The number of nitrogens with one attached hydrogen (secondary N) is 1. The van der Waals surface area contributed by atoms with Gasteiger partial charge in [0, 0.05) is 11.9 Å². The lowest BCUT2D eigenvalue weighted by Gasteiger charge is -2.08. The quantitative estimate of drug-likeness (QED) is 0.784. The third-order valence-electron chi connectivity index (χ3n) is 3.27. The molecule has 82 valence electrons. The van der Waals surface area contributed by atoms with Gasteiger partial charge in [-0.1, -0.05) is 19.9 Å². The van der Waals surface area contributed by atoms with Crippen LogP contribution in [0.2, 0.25) is 0 Å². The highest BCUT2D eigenvalue weighted by atomic mass is 15.0. The molecule has 1 aromatic carbocycles. The van der Waals surface area contributed by atoms with E-state index in [9.17, 15) is 0 Å². The lowest BCUT2D eigenvalue weighted by Crippen LogP contribution is -1.93. The minimum absolute atomic E-state index is 0.579. The predicted molar refractivity (Wildman–Crippen MR) is 68.0 cm³/mol. The van der Waals surface area contributed by atoms with Gasteiger partial charge in [-0.05, 0) is 41.7 Å². The van der Waals surface area contributed by atoms with Gasteiger partial charge in [0.25, 0.3) is 0 Å². The van der Waals surface area contributed by atoms with E-state index in [1.165, 1.54) is 16.5 Å². The summed E-state index contributed by atoms with van der Waals surface area (Å²) in [7, 11) is 0. The second-order valence-electron chi connectivity index (χ2n) is 4.78. The molecule has 16 heavy (non-hydrogen) atoms. The van der Waals surface area contributed by atoms with Gasteiger partial charge in [0.1, 0.15) is 5.82 Å². The van der Waals surface area contributed by atoms with Crippen LogP contribution in [0.25, 0.3) is 10.9 Å². The largest absolute Gasteiger partial charge is 0.369 e. The molecule has 2 aromatic rings. The molecule has 0 bridgehead atoms. The molecule has 0 spiro atoms. The van der Waals surface area contributed by atoms with Crippen LogP contribution in [0.3, 0.4) is 0 Å². The normalized spacial score (nSPS) is 14.2. The van der Waals surface area contributed by atoms with Crippen LogP contribution in [0.1, 0.15) is 30.9 Å². The van der Waals surface area contributed by atoms with Crippen molar-refractivity contribution >= 4 is 16.7 Å². The van der Waals surface area contributed by atoms with Gasteiger partial charge in [-0.3, -0.25) is 0 Å². The van der Waals surface area contributed by atoms with E-state index in [-0.39, 0.29) is 0 Å². The summed E-state index contributed by atoms with van der Waals surface area (Å²) in [6.07, 6.45) is 1.10. The molecule has 0 atom stereocenters. The lowest BCUT2D eigenvalue weighted by molar-refractivity contribution is 0.868. The molecule has 0 amide bonds. The summed E-state index contributed by atoms with van der Waals surface area (Å²) < 4.78 is 0. The van der Waals surface area contributed by atoms with Gasteiger partial charge in [-0.15, -0.1) is 0 Å². The molecule has 2 heteroatoms. The van der Waals surface area contributed by atoms with Crippen LogP contribution in [0.15, 0.2) is 24.3 Å². The summed E-state index contributed by atoms with van der Waals surface area (Å²) in [5, 5.41) is 4.59. The summed E-state index contributed by atoms with van der Waals surface area (Å²) in [5.74, 6) is 1.65. The van der Waals surface area contributed by atoms with Gasteiger partial charge in [-0.25, -0.2) is 4.98 Å². The van der Waals surface area contributed by atoms with Gasteiger partial charge < -0.3 is 5.32 Å². The molecule has 1 N–H and O–H groups in total. The van der Waals surface area contributed by atoms with Crippen molar-refractivity contribution in [3.8, 4) is 0 Å². The minimum atomic E-state index is 0.579.